The van der Waals surface area contributed by atoms with E-state index in [9.17, 15) is 4.79 Å². The first kappa shape index (κ1) is 12.6. The van der Waals surface area contributed by atoms with E-state index in [1.165, 1.54) is 22.4 Å². The van der Waals surface area contributed by atoms with Gasteiger partial charge in [-0.05, 0) is 25.0 Å². The molecular formula is C14H18N3OS+. The summed E-state index contributed by atoms with van der Waals surface area (Å²) in [5.41, 5.74) is 6.42. The van der Waals surface area contributed by atoms with Gasteiger partial charge in [-0.15, -0.1) is 11.3 Å². The van der Waals surface area contributed by atoms with Crippen molar-refractivity contribution in [2.45, 2.75) is 25.3 Å². The Bertz CT molecular complexity index is 562. The summed E-state index contributed by atoms with van der Waals surface area (Å²) in [4.78, 5) is 17.2. The van der Waals surface area contributed by atoms with Gasteiger partial charge < -0.3 is 10.6 Å². The van der Waals surface area contributed by atoms with Crippen LogP contribution in [0, 0.1) is 0 Å². The fourth-order valence-corrected chi connectivity index (χ4v) is 4.01. The number of hydrogen-bond acceptors (Lipinski definition) is 3. The number of carbonyl (C=O) groups is 1. The Kier molecular flexibility index (Phi) is 3.48. The van der Waals surface area contributed by atoms with Crippen LogP contribution >= 0.6 is 11.3 Å². The second-order valence-corrected chi connectivity index (χ2v) is 6.18. The lowest BCUT2D eigenvalue weighted by Gasteiger charge is -2.30. The number of para-hydroxylation sites is 1. The predicted octanol–water partition coefficient (Wildman–Crippen LogP) is 0.892. The first-order valence-corrected chi connectivity index (χ1v) is 7.54. The molecule has 3 N–H and O–H groups in total. The molecule has 0 saturated carbocycles. The maximum absolute atomic E-state index is 11.2. The second kappa shape index (κ2) is 5.27. The second-order valence-electron chi connectivity index (χ2n) is 5.12. The van der Waals surface area contributed by atoms with Crippen molar-refractivity contribution in [3.63, 3.8) is 0 Å². The molecule has 1 amide bonds. The molecule has 1 saturated heterocycles. The maximum atomic E-state index is 11.2. The lowest BCUT2D eigenvalue weighted by atomic mass is 10.0. The van der Waals surface area contributed by atoms with Crippen molar-refractivity contribution in [1.82, 2.24) is 4.98 Å². The summed E-state index contributed by atoms with van der Waals surface area (Å²) in [6, 6.07) is 8.54. The molecule has 5 heteroatoms. The molecule has 1 aliphatic heterocycles. The maximum Gasteiger partial charge on any atom is 0.272 e. The van der Waals surface area contributed by atoms with Crippen molar-refractivity contribution in [3.8, 4) is 0 Å². The number of fused-ring (bicyclic) bond motifs is 1. The van der Waals surface area contributed by atoms with E-state index in [0.717, 1.165) is 23.5 Å². The Morgan fingerprint density at radius 2 is 2.26 bits per heavy atom. The molecule has 2 heterocycles. The molecule has 1 aliphatic rings. The van der Waals surface area contributed by atoms with Crippen molar-refractivity contribution in [1.29, 1.82) is 0 Å². The number of thiazole rings is 1. The van der Waals surface area contributed by atoms with Crippen LogP contribution in [0.15, 0.2) is 24.3 Å². The van der Waals surface area contributed by atoms with Crippen molar-refractivity contribution in [3.05, 3.63) is 29.3 Å². The van der Waals surface area contributed by atoms with Gasteiger partial charge in [-0.2, -0.15) is 0 Å². The van der Waals surface area contributed by atoms with Gasteiger partial charge >= 0.3 is 0 Å². The minimum Gasteiger partial charge on any atom is -0.365 e. The first-order chi connectivity index (χ1) is 9.24. The number of likely N-dealkylation sites (tertiary alicyclic amines) is 1. The molecule has 1 unspecified atom stereocenters. The number of primary amides is 1. The lowest BCUT2D eigenvalue weighted by Crippen LogP contribution is -3.14. The van der Waals surface area contributed by atoms with Gasteiger partial charge in [0.2, 0.25) is 0 Å². The van der Waals surface area contributed by atoms with E-state index in [0.29, 0.717) is 12.6 Å². The third-order valence-electron chi connectivity index (χ3n) is 3.74. The number of nitrogens with two attached hydrogens (primary N) is 1. The average Bonchev–Trinajstić information content (AvgIpc) is 2.82. The smallest absolute Gasteiger partial charge is 0.272 e. The fourth-order valence-electron chi connectivity index (χ4n) is 2.85. The van der Waals surface area contributed by atoms with Gasteiger partial charge in [0.25, 0.3) is 5.91 Å². The van der Waals surface area contributed by atoms with Gasteiger partial charge in [0.1, 0.15) is 6.04 Å². The number of aromatic nitrogens is 1. The van der Waals surface area contributed by atoms with E-state index in [2.05, 4.69) is 6.07 Å². The number of piperidine rings is 1. The average molecular weight is 276 g/mol. The highest BCUT2D eigenvalue weighted by Crippen LogP contribution is 2.28. The predicted molar refractivity (Wildman–Crippen MR) is 76.1 cm³/mol. The fraction of sp³-hybridized carbons (Fsp3) is 0.429. The van der Waals surface area contributed by atoms with Crippen LogP contribution in [-0.2, 0) is 4.79 Å². The van der Waals surface area contributed by atoms with Crippen LogP contribution in [0.4, 0.5) is 0 Å². The monoisotopic (exact) mass is 276 g/mol. The largest absolute Gasteiger partial charge is 0.365 e. The van der Waals surface area contributed by atoms with Crippen LogP contribution in [0.2, 0.25) is 0 Å². The lowest BCUT2D eigenvalue weighted by molar-refractivity contribution is -0.929. The zero-order valence-electron chi connectivity index (χ0n) is 10.8. The van der Waals surface area contributed by atoms with E-state index in [1.807, 2.05) is 18.2 Å². The van der Waals surface area contributed by atoms with Gasteiger partial charge in [-0.25, -0.2) is 4.98 Å². The van der Waals surface area contributed by atoms with Gasteiger partial charge in [-0.3, -0.25) is 4.79 Å². The zero-order chi connectivity index (χ0) is 13.2. The summed E-state index contributed by atoms with van der Waals surface area (Å²) in [6.45, 7) is 1.43. The summed E-state index contributed by atoms with van der Waals surface area (Å²) in [5, 5.41) is 1.15. The molecule has 0 spiro atoms. The molecule has 0 aliphatic carbocycles. The van der Waals surface area contributed by atoms with E-state index < -0.39 is 0 Å². The van der Waals surface area contributed by atoms with Crippen molar-refractivity contribution in [2.75, 3.05) is 13.1 Å². The highest BCUT2D eigenvalue weighted by molar-refractivity contribution is 7.18. The van der Waals surface area contributed by atoms with Gasteiger partial charge in [0.15, 0.2) is 11.6 Å². The number of nitrogens with zero attached hydrogens (tertiary/aromatic N) is 1. The number of benzene rings is 1. The molecule has 100 valence electrons. The van der Waals surface area contributed by atoms with Crippen LogP contribution in [0.25, 0.3) is 10.2 Å². The van der Waals surface area contributed by atoms with Crippen molar-refractivity contribution in [2.24, 2.45) is 5.73 Å². The van der Waals surface area contributed by atoms with E-state index in [1.54, 1.807) is 11.3 Å². The summed E-state index contributed by atoms with van der Waals surface area (Å²) in [5.74, 6) is -0.219. The Labute approximate surface area is 116 Å². The van der Waals surface area contributed by atoms with Crippen molar-refractivity contribution < 1.29 is 9.69 Å². The topological polar surface area (TPSA) is 60.4 Å². The van der Waals surface area contributed by atoms with Crippen LogP contribution in [-0.4, -0.2) is 24.0 Å². The molecule has 3 rings (SSSR count). The highest BCUT2D eigenvalue weighted by atomic mass is 32.1. The Balaban J connectivity index is 1.91. The van der Waals surface area contributed by atoms with E-state index >= 15 is 0 Å². The first-order valence-electron chi connectivity index (χ1n) is 6.72. The molecule has 1 aromatic carbocycles. The van der Waals surface area contributed by atoms with E-state index in [-0.39, 0.29) is 5.91 Å². The SMILES string of the molecule is NC(=O)C[NH+]1CCCC[C@@H]1c1nc2ccccc2s1. The minimum atomic E-state index is -0.219. The summed E-state index contributed by atoms with van der Waals surface area (Å²) < 4.78 is 1.22. The third-order valence-corrected chi connectivity index (χ3v) is 4.89. The number of nitrogens with one attached hydrogen (secondary N) is 1. The minimum absolute atomic E-state index is 0.219. The van der Waals surface area contributed by atoms with Crippen LogP contribution in [0.5, 0.6) is 0 Å². The third kappa shape index (κ3) is 2.62. The van der Waals surface area contributed by atoms with E-state index in [4.69, 9.17) is 10.7 Å². The Hall–Kier alpha value is -1.46. The molecule has 2 aromatic rings. The van der Waals surface area contributed by atoms with Gasteiger partial charge in [-0.1, -0.05) is 12.1 Å². The standard InChI is InChI=1S/C14H17N3OS/c15-13(18)9-17-8-4-3-6-11(17)14-16-10-5-1-2-7-12(10)19-14/h1-2,5,7,11H,3-4,6,8-9H2,(H2,15,18)/p+1/t11-/m1/s1. The summed E-state index contributed by atoms with van der Waals surface area (Å²) >= 11 is 1.75. The number of hydrogen-bond donors (Lipinski definition) is 2. The molecule has 0 bridgehead atoms. The zero-order valence-corrected chi connectivity index (χ0v) is 11.6. The van der Waals surface area contributed by atoms with Crippen LogP contribution in [0.1, 0.15) is 30.3 Å². The summed E-state index contributed by atoms with van der Waals surface area (Å²) in [7, 11) is 0. The van der Waals surface area contributed by atoms with Gasteiger partial charge in [0, 0.05) is 6.42 Å². The number of quaternary nitrogens is 1. The molecule has 1 aromatic heterocycles. The number of carbonyl (C=O) groups excluding carboxylic acids is 1. The summed E-state index contributed by atoms with van der Waals surface area (Å²) in [6.07, 6.45) is 3.48. The number of amides is 1. The molecule has 19 heavy (non-hydrogen) atoms. The van der Waals surface area contributed by atoms with Gasteiger partial charge in [0.05, 0.1) is 16.8 Å². The van der Waals surface area contributed by atoms with Crippen LogP contribution in [0.3, 0.4) is 0 Å². The molecular weight excluding hydrogens is 258 g/mol. The molecule has 0 radical (unpaired) electrons. The highest BCUT2D eigenvalue weighted by Gasteiger charge is 2.31. The molecule has 1 fully saturated rings. The van der Waals surface area contributed by atoms with Crippen LogP contribution < -0.4 is 10.6 Å². The molecule has 2 atom stereocenters. The number of rotatable bonds is 3. The Morgan fingerprint density at radius 3 is 3.05 bits per heavy atom. The molecule has 4 nitrogen and oxygen atoms in total. The normalized spacial score (nSPS) is 23.6. The quantitative estimate of drug-likeness (QED) is 0.874. The Morgan fingerprint density at radius 1 is 1.42 bits per heavy atom. The van der Waals surface area contributed by atoms with Crippen molar-refractivity contribution >= 4 is 27.5 Å².